The third kappa shape index (κ3) is 2.86. The molecule has 0 heterocycles. The summed E-state index contributed by atoms with van der Waals surface area (Å²) in [6, 6.07) is 8.56. The molecule has 0 saturated heterocycles. The van der Waals surface area contributed by atoms with Crippen molar-refractivity contribution in [3.05, 3.63) is 35.4 Å². The van der Waals surface area contributed by atoms with Crippen LogP contribution in [0.15, 0.2) is 29.3 Å². The summed E-state index contributed by atoms with van der Waals surface area (Å²) >= 11 is 0. The van der Waals surface area contributed by atoms with Crippen molar-refractivity contribution in [2.45, 2.75) is 25.2 Å². The Bertz CT molecular complexity index is 401. The van der Waals surface area contributed by atoms with E-state index in [1.165, 1.54) is 17.5 Å². The van der Waals surface area contributed by atoms with E-state index in [1.54, 1.807) is 7.11 Å². The third-order valence-corrected chi connectivity index (χ3v) is 3.32. The predicted octanol–water partition coefficient (Wildman–Crippen LogP) is 2.11. The fraction of sp³-hybridized carbons (Fsp3) is 0.500. The Morgan fingerprint density at radius 2 is 2.29 bits per heavy atom. The first-order valence-corrected chi connectivity index (χ1v) is 6.19. The monoisotopic (exact) mass is 232 g/mol. The highest BCUT2D eigenvalue weighted by Crippen LogP contribution is 2.31. The van der Waals surface area contributed by atoms with E-state index >= 15 is 0 Å². The summed E-state index contributed by atoms with van der Waals surface area (Å²) in [6.45, 7) is 1.29. The van der Waals surface area contributed by atoms with Crippen LogP contribution < -0.4 is 5.73 Å². The van der Waals surface area contributed by atoms with Gasteiger partial charge in [-0.05, 0) is 30.4 Å². The van der Waals surface area contributed by atoms with Gasteiger partial charge in [0, 0.05) is 13.0 Å². The molecule has 0 fully saturated rings. The molecule has 1 aromatic rings. The number of hydrogen-bond acceptors (Lipinski definition) is 2. The van der Waals surface area contributed by atoms with E-state index < -0.39 is 0 Å². The lowest BCUT2D eigenvalue weighted by Gasteiger charge is -2.25. The van der Waals surface area contributed by atoms with E-state index in [1.807, 2.05) is 0 Å². The maximum absolute atomic E-state index is 6.10. The summed E-state index contributed by atoms with van der Waals surface area (Å²) < 4.78 is 4.99. The second-order valence-electron chi connectivity index (χ2n) is 4.44. The largest absolute Gasteiger partial charge is 0.387 e. The molecule has 1 aliphatic rings. The maximum Gasteiger partial charge on any atom is 0.101 e. The van der Waals surface area contributed by atoms with Crippen LogP contribution in [0, 0.1) is 0 Å². The summed E-state index contributed by atoms with van der Waals surface area (Å²) in [5.41, 5.74) is 8.88. The molecule has 3 nitrogen and oxygen atoms in total. The highest BCUT2D eigenvalue weighted by Gasteiger charge is 2.22. The first-order chi connectivity index (χ1) is 8.33. The Morgan fingerprint density at radius 1 is 1.47 bits per heavy atom. The predicted molar refractivity (Wildman–Crippen MR) is 70.5 cm³/mol. The van der Waals surface area contributed by atoms with Gasteiger partial charge in [0.25, 0.3) is 0 Å². The Balaban J connectivity index is 2.15. The third-order valence-electron chi connectivity index (χ3n) is 3.32. The quantitative estimate of drug-likeness (QED) is 0.491. The topological polar surface area (TPSA) is 47.6 Å². The fourth-order valence-corrected chi connectivity index (χ4v) is 2.44. The lowest BCUT2D eigenvalue weighted by atomic mass is 9.82. The van der Waals surface area contributed by atoms with Gasteiger partial charge in [0.1, 0.15) is 5.84 Å². The van der Waals surface area contributed by atoms with Crippen LogP contribution in [0.3, 0.4) is 0 Å². The second kappa shape index (κ2) is 5.82. The molecular weight excluding hydrogens is 212 g/mol. The summed E-state index contributed by atoms with van der Waals surface area (Å²) in [5.74, 6) is 1.06. The number of benzene rings is 1. The lowest BCUT2D eigenvalue weighted by molar-refractivity contribution is 0.208. The van der Waals surface area contributed by atoms with E-state index in [0.29, 0.717) is 19.1 Å². The fourth-order valence-electron chi connectivity index (χ4n) is 2.44. The minimum Gasteiger partial charge on any atom is -0.387 e. The molecule has 2 N–H and O–H groups in total. The van der Waals surface area contributed by atoms with Crippen molar-refractivity contribution in [2.75, 3.05) is 20.3 Å². The lowest BCUT2D eigenvalue weighted by Crippen LogP contribution is -2.26. The molecule has 0 bridgehead atoms. The van der Waals surface area contributed by atoms with E-state index in [-0.39, 0.29) is 0 Å². The number of aryl methyl sites for hydroxylation is 1. The molecule has 1 unspecified atom stereocenters. The molecule has 0 radical (unpaired) electrons. The zero-order chi connectivity index (χ0) is 12.1. The van der Waals surface area contributed by atoms with E-state index in [0.717, 1.165) is 18.7 Å². The number of aliphatic imine (C=N–C) groups is 1. The minimum absolute atomic E-state index is 0.303. The molecule has 0 aromatic heterocycles. The number of rotatable bonds is 4. The Kier molecular flexibility index (Phi) is 4.15. The van der Waals surface area contributed by atoms with Crippen molar-refractivity contribution < 1.29 is 4.74 Å². The van der Waals surface area contributed by atoms with Gasteiger partial charge in [-0.1, -0.05) is 24.3 Å². The van der Waals surface area contributed by atoms with Crippen LogP contribution in [0.5, 0.6) is 0 Å². The van der Waals surface area contributed by atoms with E-state index in [4.69, 9.17) is 10.5 Å². The van der Waals surface area contributed by atoms with Crippen molar-refractivity contribution in [3.8, 4) is 0 Å². The number of methoxy groups -OCH3 is 1. The average Bonchev–Trinajstić information content (AvgIpc) is 2.38. The maximum atomic E-state index is 6.10. The van der Waals surface area contributed by atoms with Gasteiger partial charge in [0.15, 0.2) is 0 Å². The molecule has 2 rings (SSSR count). The van der Waals surface area contributed by atoms with Gasteiger partial charge in [-0.2, -0.15) is 0 Å². The Labute approximate surface area is 103 Å². The molecule has 0 amide bonds. The van der Waals surface area contributed by atoms with E-state index in [2.05, 4.69) is 29.3 Å². The van der Waals surface area contributed by atoms with Gasteiger partial charge in [-0.15, -0.1) is 0 Å². The van der Waals surface area contributed by atoms with Gasteiger partial charge in [0.2, 0.25) is 0 Å². The van der Waals surface area contributed by atoms with Gasteiger partial charge in [0.05, 0.1) is 13.2 Å². The van der Waals surface area contributed by atoms with Crippen molar-refractivity contribution in [3.63, 3.8) is 0 Å². The Morgan fingerprint density at radius 3 is 3.12 bits per heavy atom. The number of nitrogens with zero attached hydrogens (tertiary/aromatic N) is 1. The first kappa shape index (κ1) is 12.1. The Hall–Kier alpha value is -1.35. The van der Waals surface area contributed by atoms with Crippen LogP contribution in [-0.2, 0) is 11.2 Å². The van der Waals surface area contributed by atoms with Gasteiger partial charge >= 0.3 is 0 Å². The zero-order valence-electron chi connectivity index (χ0n) is 10.4. The normalized spacial score (nSPS) is 20.1. The zero-order valence-corrected chi connectivity index (χ0v) is 10.4. The van der Waals surface area contributed by atoms with Crippen LogP contribution in [-0.4, -0.2) is 26.1 Å². The molecule has 3 heteroatoms. The standard InChI is InChI=1S/C14H20N2O/c1-17-10-9-16-14(15)13-8-4-6-11-5-2-3-7-12(11)13/h2-3,5,7,13H,4,6,8-10H2,1H3,(H2,15,16). The number of nitrogens with two attached hydrogens (primary N) is 1. The number of fused-ring (bicyclic) bond motifs is 1. The highest BCUT2D eigenvalue weighted by molar-refractivity contribution is 5.88. The summed E-state index contributed by atoms with van der Waals surface area (Å²) in [5, 5.41) is 0. The molecule has 0 aliphatic heterocycles. The summed E-state index contributed by atoms with van der Waals surface area (Å²) in [6.07, 6.45) is 3.47. The first-order valence-electron chi connectivity index (χ1n) is 6.19. The number of hydrogen-bond donors (Lipinski definition) is 1. The van der Waals surface area contributed by atoms with Gasteiger partial charge in [-0.25, -0.2) is 0 Å². The summed E-state index contributed by atoms with van der Waals surface area (Å²) in [4.78, 5) is 4.41. The summed E-state index contributed by atoms with van der Waals surface area (Å²) in [7, 11) is 1.68. The van der Waals surface area contributed by atoms with E-state index in [9.17, 15) is 0 Å². The van der Waals surface area contributed by atoms with Gasteiger partial charge < -0.3 is 10.5 Å². The van der Waals surface area contributed by atoms with Crippen LogP contribution >= 0.6 is 0 Å². The average molecular weight is 232 g/mol. The van der Waals surface area contributed by atoms with Crippen molar-refractivity contribution in [1.29, 1.82) is 0 Å². The molecule has 0 spiro atoms. The number of ether oxygens (including phenoxy) is 1. The van der Waals surface area contributed by atoms with Crippen LogP contribution in [0.1, 0.15) is 29.9 Å². The molecule has 17 heavy (non-hydrogen) atoms. The van der Waals surface area contributed by atoms with Crippen LogP contribution in [0.4, 0.5) is 0 Å². The molecule has 1 aromatic carbocycles. The van der Waals surface area contributed by atoms with Crippen LogP contribution in [0.25, 0.3) is 0 Å². The highest BCUT2D eigenvalue weighted by atomic mass is 16.5. The molecule has 1 aliphatic carbocycles. The molecule has 92 valence electrons. The SMILES string of the molecule is COCCN=C(N)C1CCCc2ccccc21. The van der Waals surface area contributed by atoms with Gasteiger partial charge in [-0.3, -0.25) is 4.99 Å². The van der Waals surface area contributed by atoms with Crippen molar-refractivity contribution in [1.82, 2.24) is 0 Å². The van der Waals surface area contributed by atoms with Crippen LogP contribution in [0.2, 0.25) is 0 Å². The van der Waals surface area contributed by atoms with Crippen molar-refractivity contribution >= 4 is 5.84 Å². The molecular formula is C14H20N2O. The second-order valence-corrected chi connectivity index (χ2v) is 4.44. The van der Waals surface area contributed by atoms with Crippen molar-refractivity contribution in [2.24, 2.45) is 10.7 Å². The smallest absolute Gasteiger partial charge is 0.101 e. The minimum atomic E-state index is 0.303. The molecule has 0 saturated carbocycles. The number of amidine groups is 1. The molecule has 1 atom stereocenters.